The molecular weight excluding hydrogens is 128 g/mol. The Bertz CT molecular complexity index is 357. The standard InChI is InChI=1S/C6H8N4/c1-4-3-10-6(9-4)5(7)2-8-10/h2-3,8H,7H2,1H3. The van der Waals surface area contributed by atoms with Crippen LogP contribution >= 0.6 is 0 Å². The number of hydrogen-bond acceptors (Lipinski definition) is 2. The van der Waals surface area contributed by atoms with Crippen LogP contribution in [0.5, 0.6) is 0 Å². The molecule has 0 aliphatic rings. The van der Waals surface area contributed by atoms with Crippen molar-refractivity contribution in [2.24, 2.45) is 0 Å². The molecule has 0 radical (unpaired) electrons. The third-order valence-electron chi connectivity index (χ3n) is 1.44. The van der Waals surface area contributed by atoms with Crippen LogP contribution in [-0.2, 0) is 0 Å². The Morgan fingerprint density at radius 2 is 2.50 bits per heavy atom. The zero-order valence-electron chi connectivity index (χ0n) is 5.63. The summed E-state index contributed by atoms with van der Waals surface area (Å²) in [6.45, 7) is 1.93. The molecule has 0 amide bonds. The average molecular weight is 136 g/mol. The molecule has 0 aliphatic heterocycles. The molecule has 2 heterocycles. The Morgan fingerprint density at radius 1 is 1.70 bits per heavy atom. The first kappa shape index (κ1) is 5.34. The molecule has 52 valence electrons. The van der Waals surface area contributed by atoms with E-state index in [1.807, 2.05) is 13.1 Å². The van der Waals surface area contributed by atoms with Gasteiger partial charge in [-0.1, -0.05) is 0 Å². The van der Waals surface area contributed by atoms with E-state index in [9.17, 15) is 0 Å². The third kappa shape index (κ3) is 0.528. The predicted octanol–water partition coefficient (Wildman–Crippen LogP) is 0.553. The highest BCUT2D eigenvalue weighted by Gasteiger charge is 2.00. The van der Waals surface area contributed by atoms with Crippen molar-refractivity contribution in [3.63, 3.8) is 0 Å². The number of fused-ring (bicyclic) bond motifs is 1. The zero-order valence-corrected chi connectivity index (χ0v) is 5.63. The van der Waals surface area contributed by atoms with Crippen LogP contribution in [0.3, 0.4) is 0 Å². The fourth-order valence-electron chi connectivity index (χ4n) is 1.00. The van der Waals surface area contributed by atoms with E-state index >= 15 is 0 Å². The van der Waals surface area contributed by atoms with Crippen molar-refractivity contribution >= 4 is 11.3 Å². The number of aromatic amines is 1. The van der Waals surface area contributed by atoms with E-state index in [4.69, 9.17) is 5.73 Å². The van der Waals surface area contributed by atoms with Gasteiger partial charge in [-0.25, -0.2) is 9.50 Å². The van der Waals surface area contributed by atoms with E-state index in [2.05, 4.69) is 10.1 Å². The van der Waals surface area contributed by atoms with Crippen molar-refractivity contribution in [3.05, 3.63) is 18.1 Å². The number of H-pyrrole nitrogens is 1. The van der Waals surface area contributed by atoms with Gasteiger partial charge in [0.2, 0.25) is 0 Å². The molecule has 2 aromatic heterocycles. The summed E-state index contributed by atoms with van der Waals surface area (Å²) < 4.78 is 1.80. The fraction of sp³-hybridized carbons (Fsp3) is 0.167. The number of nitrogen functional groups attached to an aromatic ring is 1. The quantitative estimate of drug-likeness (QED) is 0.555. The lowest BCUT2D eigenvalue weighted by Crippen LogP contribution is -1.82. The van der Waals surface area contributed by atoms with E-state index in [1.165, 1.54) is 0 Å². The summed E-state index contributed by atoms with van der Waals surface area (Å²) in [5.41, 5.74) is 8.04. The Kier molecular flexibility index (Phi) is 0.818. The summed E-state index contributed by atoms with van der Waals surface area (Å²) >= 11 is 0. The van der Waals surface area contributed by atoms with E-state index in [0.29, 0.717) is 5.69 Å². The second kappa shape index (κ2) is 1.53. The van der Waals surface area contributed by atoms with E-state index in [-0.39, 0.29) is 0 Å². The number of imidazole rings is 1. The molecule has 0 saturated carbocycles. The van der Waals surface area contributed by atoms with Crippen molar-refractivity contribution in [2.45, 2.75) is 6.92 Å². The van der Waals surface area contributed by atoms with Gasteiger partial charge >= 0.3 is 0 Å². The van der Waals surface area contributed by atoms with Crippen molar-refractivity contribution in [1.82, 2.24) is 14.6 Å². The van der Waals surface area contributed by atoms with Gasteiger partial charge in [0.15, 0.2) is 5.65 Å². The summed E-state index contributed by atoms with van der Waals surface area (Å²) in [7, 11) is 0. The van der Waals surface area contributed by atoms with Gasteiger partial charge < -0.3 is 5.73 Å². The van der Waals surface area contributed by atoms with Gasteiger partial charge in [-0.05, 0) is 6.92 Å². The van der Waals surface area contributed by atoms with Crippen LogP contribution in [0.25, 0.3) is 5.65 Å². The van der Waals surface area contributed by atoms with Crippen molar-refractivity contribution in [1.29, 1.82) is 0 Å². The normalized spacial score (nSPS) is 10.9. The molecule has 0 saturated heterocycles. The predicted molar refractivity (Wildman–Crippen MR) is 38.7 cm³/mol. The Labute approximate surface area is 57.7 Å². The zero-order chi connectivity index (χ0) is 7.14. The maximum Gasteiger partial charge on any atom is 0.176 e. The molecule has 4 heteroatoms. The van der Waals surface area contributed by atoms with Crippen LogP contribution in [0, 0.1) is 6.92 Å². The molecule has 0 spiro atoms. The molecule has 0 atom stereocenters. The highest BCUT2D eigenvalue weighted by Crippen LogP contribution is 2.10. The summed E-state index contributed by atoms with van der Waals surface area (Å²) in [6, 6.07) is 0. The number of nitrogens with zero attached hydrogens (tertiary/aromatic N) is 2. The van der Waals surface area contributed by atoms with Gasteiger partial charge in [0.25, 0.3) is 0 Å². The first-order valence-electron chi connectivity index (χ1n) is 3.06. The summed E-state index contributed by atoms with van der Waals surface area (Å²) in [4.78, 5) is 4.18. The second-order valence-electron chi connectivity index (χ2n) is 2.30. The Morgan fingerprint density at radius 3 is 3.20 bits per heavy atom. The molecular formula is C6H8N4. The molecule has 2 aromatic rings. The highest BCUT2D eigenvalue weighted by molar-refractivity contribution is 5.63. The highest BCUT2D eigenvalue weighted by atomic mass is 15.3. The molecule has 10 heavy (non-hydrogen) atoms. The van der Waals surface area contributed by atoms with Crippen LogP contribution in [0.2, 0.25) is 0 Å². The smallest absolute Gasteiger partial charge is 0.176 e. The topological polar surface area (TPSA) is 59.1 Å². The van der Waals surface area contributed by atoms with Crippen LogP contribution in [-0.4, -0.2) is 14.6 Å². The first-order valence-corrected chi connectivity index (χ1v) is 3.06. The van der Waals surface area contributed by atoms with Crippen molar-refractivity contribution < 1.29 is 0 Å². The molecule has 2 rings (SSSR count). The lowest BCUT2D eigenvalue weighted by atomic mass is 10.5. The van der Waals surface area contributed by atoms with Gasteiger partial charge in [-0.3, -0.25) is 5.10 Å². The largest absolute Gasteiger partial charge is 0.394 e. The van der Waals surface area contributed by atoms with Crippen LogP contribution in [0.4, 0.5) is 5.69 Å². The Balaban J connectivity index is 2.90. The summed E-state index contributed by atoms with van der Waals surface area (Å²) in [5.74, 6) is 0. The van der Waals surface area contributed by atoms with Crippen molar-refractivity contribution in [2.75, 3.05) is 5.73 Å². The minimum absolute atomic E-state index is 0.688. The molecule has 0 unspecified atom stereocenters. The third-order valence-corrected chi connectivity index (χ3v) is 1.44. The number of rotatable bonds is 0. The van der Waals surface area contributed by atoms with E-state index in [1.54, 1.807) is 10.7 Å². The first-order chi connectivity index (χ1) is 4.77. The molecule has 0 bridgehead atoms. The molecule has 0 aliphatic carbocycles. The van der Waals surface area contributed by atoms with E-state index < -0.39 is 0 Å². The van der Waals surface area contributed by atoms with Crippen molar-refractivity contribution in [3.8, 4) is 0 Å². The van der Waals surface area contributed by atoms with E-state index in [0.717, 1.165) is 11.3 Å². The summed E-state index contributed by atoms with van der Waals surface area (Å²) in [6.07, 6.45) is 3.62. The minimum atomic E-state index is 0.688. The molecule has 3 N–H and O–H groups in total. The Hall–Kier alpha value is -1.45. The van der Waals surface area contributed by atoms with Gasteiger partial charge in [0.05, 0.1) is 17.6 Å². The summed E-state index contributed by atoms with van der Waals surface area (Å²) in [5, 5.41) is 2.94. The number of hydrogen-bond donors (Lipinski definition) is 2. The maximum atomic E-state index is 5.57. The van der Waals surface area contributed by atoms with Crippen LogP contribution < -0.4 is 5.73 Å². The van der Waals surface area contributed by atoms with Gasteiger partial charge in [0, 0.05) is 6.20 Å². The van der Waals surface area contributed by atoms with Crippen LogP contribution in [0.1, 0.15) is 5.69 Å². The van der Waals surface area contributed by atoms with Gasteiger partial charge in [0.1, 0.15) is 0 Å². The number of aromatic nitrogens is 3. The average Bonchev–Trinajstić information content (AvgIpc) is 2.35. The maximum absolute atomic E-state index is 5.57. The van der Waals surface area contributed by atoms with Gasteiger partial charge in [-0.2, -0.15) is 0 Å². The second-order valence-corrected chi connectivity index (χ2v) is 2.30. The lowest BCUT2D eigenvalue weighted by molar-refractivity contribution is 0.971. The monoisotopic (exact) mass is 136 g/mol. The fourth-order valence-corrected chi connectivity index (χ4v) is 1.00. The molecule has 4 nitrogen and oxygen atoms in total. The number of aryl methyl sites for hydroxylation is 1. The number of nitrogens with one attached hydrogen (secondary N) is 1. The number of anilines is 1. The van der Waals surface area contributed by atoms with Crippen LogP contribution in [0.15, 0.2) is 12.4 Å². The lowest BCUT2D eigenvalue weighted by Gasteiger charge is -1.78. The molecule has 0 fully saturated rings. The van der Waals surface area contributed by atoms with Gasteiger partial charge in [-0.15, -0.1) is 0 Å². The number of nitrogens with two attached hydrogens (primary N) is 1. The molecule has 0 aromatic carbocycles. The SMILES string of the molecule is Cc1cn2[nH]cc(N)c2n1. The minimum Gasteiger partial charge on any atom is -0.394 e.